The van der Waals surface area contributed by atoms with E-state index in [1.807, 2.05) is 27.7 Å². The minimum atomic E-state index is -0.589. The Balaban J connectivity index is 2.43. The van der Waals surface area contributed by atoms with Gasteiger partial charge in [-0.25, -0.2) is 0 Å². The van der Waals surface area contributed by atoms with Crippen LogP contribution in [0.25, 0.3) is 0 Å². The van der Waals surface area contributed by atoms with Crippen LogP contribution < -0.4 is 15.9 Å². The van der Waals surface area contributed by atoms with E-state index in [1.165, 1.54) is 0 Å². The first-order valence-corrected chi connectivity index (χ1v) is 6.51. The van der Waals surface area contributed by atoms with Gasteiger partial charge in [-0.1, -0.05) is 0 Å². The van der Waals surface area contributed by atoms with Crippen molar-refractivity contribution in [3.63, 3.8) is 0 Å². The lowest BCUT2D eigenvalue weighted by atomic mass is 9.77. The minimum absolute atomic E-state index is 0.399. The third-order valence-corrected chi connectivity index (χ3v) is 4.02. The van der Waals surface area contributed by atoms with Crippen molar-refractivity contribution in [3.8, 4) is 5.75 Å². The van der Waals surface area contributed by atoms with Crippen LogP contribution in [-0.4, -0.2) is 31.3 Å². The van der Waals surface area contributed by atoms with Crippen molar-refractivity contribution in [1.29, 1.82) is 0 Å². The molecule has 2 N–H and O–H groups in total. The number of hydrogen-bond donors (Lipinski definition) is 1. The van der Waals surface area contributed by atoms with E-state index in [0.717, 1.165) is 0 Å². The zero-order valence-electron chi connectivity index (χ0n) is 12.5. The van der Waals surface area contributed by atoms with Crippen LogP contribution in [0, 0.1) is 0 Å². The molecule has 1 aromatic rings. The highest BCUT2D eigenvalue weighted by atomic mass is 16.7. The van der Waals surface area contributed by atoms with E-state index in [4.69, 9.17) is 19.8 Å². The lowest BCUT2D eigenvalue weighted by molar-refractivity contribution is 0.00578. The highest BCUT2D eigenvalue weighted by Gasteiger charge is 2.52. The number of benzene rings is 1. The largest absolute Gasteiger partial charge is 0.498 e. The first-order chi connectivity index (χ1) is 9.18. The van der Waals surface area contributed by atoms with Crippen LogP contribution in [0.2, 0.25) is 0 Å². The van der Waals surface area contributed by atoms with Gasteiger partial charge in [0.05, 0.1) is 18.3 Å². The summed E-state index contributed by atoms with van der Waals surface area (Å²) in [6.07, 6.45) is 0. The summed E-state index contributed by atoms with van der Waals surface area (Å²) >= 11 is 0. The van der Waals surface area contributed by atoms with Gasteiger partial charge >= 0.3 is 7.12 Å². The quantitative estimate of drug-likeness (QED) is 0.840. The summed E-state index contributed by atoms with van der Waals surface area (Å²) in [7, 11) is 0.975. The maximum absolute atomic E-state index is 11.3. The molecule has 1 aliphatic rings. The Morgan fingerprint density at radius 3 is 2.20 bits per heavy atom. The Labute approximate surface area is 119 Å². The SMILES string of the molecule is COc1ccc(C(N)=O)cc1B1OC(C)(C)C(C)(C)O1. The Kier molecular flexibility index (Phi) is 3.56. The number of rotatable bonds is 3. The van der Waals surface area contributed by atoms with Crippen LogP contribution in [0.3, 0.4) is 0 Å². The van der Waals surface area contributed by atoms with Crippen molar-refractivity contribution >= 4 is 18.5 Å². The van der Waals surface area contributed by atoms with Gasteiger partial charge in [-0.15, -0.1) is 0 Å². The molecule has 1 amide bonds. The second-order valence-electron chi connectivity index (χ2n) is 5.91. The topological polar surface area (TPSA) is 70.8 Å². The van der Waals surface area contributed by atoms with E-state index in [0.29, 0.717) is 16.8 Å². The first-order valence-electron chi connectivity index (χ1n) is 6.51. The second-order valence-corrected chi connectivity index (χ2v) is 5.91. The Bertz CT molecular complexity index is 526. The molecule has 0 aliphatic carbocycles. The summed E-state index contributed by atoms with van der Waals surface area (Å²) in [5.74, 6) is 0.110. The van der Waals surface area contributed by atoms with Crippen LogP contribution in [0.4, 0.5) is 0 Å². The molecule has 1 aliphatic heterocycles. The van der Waals surface area contributed by atoms with Gasteiger partial charge in [0.2, 0.25) is 5.91 Å². The molecule has 0 bridgehead atoms. The predicted molar refractivity (Wildman–Crippen MR) is 77.2 cm³/mol. The van der Waals surface area contributed by atoms with Gasteiger partial charge in [0.25, 0.3) is 0 Å². The second kappa shape index (κ2) is 4.79. The van der Waals surface area contributed by atoms with Crippen molar-refractivity contribution in [2.45, 2.75) is 38.9 Å². The molecule has 0 unspecified atom stereocenters. The number of methoxy groups -OCH3 is 1. The summed E-state index contributed by atoms with van der Waals surface area (Å²) in [5.41, 5.74) is 5.48. The van der Waals surface area contributed by atoms with Crippen molar-refractivity contribution < 1.29 is 18.8 Å². The van der Waals surface area contributed by atoms with Crippen LogP contribution >= 0.6 is 0 Å². The molecule has 1 aromatic carbocycles. The van der Waals surface area contributed by atoms with Crippen LogP contribution in [0.5, 0.6) is 5.75 Å². The molecule has 1 fully saturated rings. The van der Waals surface area contributed by atoms with Gasteiger partial charge in [-0.2, -0.15) is 0 Å². The highest BCUT2D eigenvalue weighted by Crippen LogP contribution is 2.37. The first kappa shape index (κ1) is 14.9. The van der Waals surface area contributed by atoms with Crippen LogP contribution in [0.15, 0.2) is 18.2 Å². The van der Waals surface area contributed by atoms with Gasteiger partial charge in [0, 0.05) is 11.0 Å². The number of primary amides is 1. The third-order valence-electron chi connectivity index (χ3n) is 4.02. The summed E-state index contributed by atoms with van der Waals surface area (Å²) in [6, 6.07) is 4.97. The smallest absolute Gasteiger partial charge is 0.497 e. The molecule has 108 valence electrons. The van der Waals surface area contributed by atoms with Crippen LogP contribution in [0.1, 0.15) is 38.1 Å². The van der Waals surface area contributed by atoms with E-state index >= 15 is 0 Å². The van der Waals surface area contributed by atoms with Gasteiger partial charge in [0.1, 0.15) is 5.75 Å². The maximum atomic E-state index is 11.3. The van der Waals surface area contributed by atoms with Gasteiger partial charge in [-0.05, 0) is 45.9 Å². The fourth-order valence-corrected chi connectivity index (χ4v) is 2.04. The molecule has 5 nitrogen and oxygen atoms in total. The summed E-state index contributed by atoms with van der Waals surface area (Å²) in [5, 5.41) is 0. The van der Waals surface area contributed by atoms with E-state index in [2.05, 4.69) is 0 Å². The molecule has 0 saturated carbocycles. The van der Waals surface area contributed by atoms with Crippen molar-refractivity contribution in [2.24, 2.45) is 5.73 Å². The number of hydrogen-bond acceptors (Lipinski definition) is 4. The van der Waals surface area contributed by atoms with Crippen molar-refractivity contribution in [1.82, 2.24) is 0 Å². The summed E-state index contributed by atoms with van der Waals surface area (Å²) in [6.45, 7) is 7.88. The molecule has 0 aromatic heterocycles. The number of carbonyl (C=O) groups is 1. The Hall–Kier alpha value is -1.53. The van der Waals surface area contributed by atoms with Crippen molar-refractivity contribution in [3.05, 3.63) is 23.8 Å². The molecule has 1 saturated heterocycles. The fraction of sp³-hybridized carbons (Fsp3) is 0.500. The Morgan fingerprint density at radius 1 is 1.20 bits per heavy atom. The van der Waals surface area contributed by atoms with E-state index in [-0.39, 0.29) is 0 Å². The molecular formula is C14H20BNO4. The predicted octanol–water partition coefficient (Wildman–Crippen LogP) is 1.09. The van der Waals surface area contributed by atoms with E-state index < -0.39 is 24.2 Å². The van der Waals surface area contributed by atoms with E-state index in [9.17, 15) is 4.79 Å². The number of ether oxygens (including phenoxy) is 1. The van der Waals surface area contributed by atoms with E-state index in [1.54, 1.807) is 25.3 Å². The number of amides is 1. The summed E-state index contributed by atoms with van der Waals surface area (Å²) in [4.78, 5) is 11.3. The van der Waals surface area contributed by atoms with Gasteiger partial charge in [-0.3, -0.25) is 4.79 Å². The molecule has 0 spiro atoms. The van der Waals surface area contributed by atoms with Gasteiger partial charge in [0.15, 0.2) is 0 Å². The fourth-order valence-electron chi connectivity index (χ4n) is 2.04. The van der Waals surface area contributed by atoms with Gasteiger partial charge < -0.3 is 19.8 Å². The highest BCUT2D eigenvalue weighted by molar-refractivity contribution is 6.63. The monoisotopic (exact) mass is 277 g/mol. The molecule has 1 heterocycles. The third kappa shape index (κ3) is 2.41. The standard InChI is InChI=1S/C14H20BNO4/c1-13(2)14(3,4)20-15(19-13)10-8-9(12(16)17)6-7-11(10)18-5/h6-8H,1-5H3,(H2,16,17). The lowest BCUT2D eigenvalue weighted by Crippen LogP contribution is -2.41. The minimum Gasteiger partial charge on any atom is -0.497 e. The number of carbonyl (C=O) groups excluding carboxylic acids is 1. The maximum Gasteiger partial charge on any atom is 0.498 e. The molecular weight excluding hydrogens is 257 g/mol. The molecule has 6 heteroatoms. The van der Waals surface area contributed by atoms with Crippen molar-refractivity contribution in [2.75, 3.05) is 7.11 Å². The molecule has 2 rings (SSSR count). The molecule has 0 atom stereocenters. The molecule has 20 heavy (non-hydrogen) atoms. The normalized spacial score (nSPS) is 19.9. The van der Waals surface area contributed by atoms with Crippen LogP contribution in [-0.2, 0) is 9.31 Å². The zero-order chi connectivity index (χ0) is 15.1. The molecule has 0 radical (unpaired) electrons. The number of nitrogens with two attached hydrogens (primary N) is 1. The Morgan fingerprint density at radius 2 is 1.75 bits per heavy atom. The zero-order valence-corrected chi connectivity index (χ0v) is 12.5. The lowest BCUT2D eigenvalue weighted by Gasteiger charge is -2.32. The average Bonchev–Trinajstić information content (AvgIpc) is 2.57. The average molecular weight is 277 g/mol. The summed E-state index contributed by atoms with van der Waals surface area (Å²) < 4.78 is 17.3.